The molecule has 2 aromatic rings. The molecule has 90 valence electrons. The zero-order chi connectivity index (χ0) is 12.3. The summed E-state index contributed by atoms with van der Waals surface area (Å²) in [6.07, 6.45) is 1.42. The van der Waals surface area contributed by atoms with Crippen molar-refractivity contribution in [3.8, 4) is 5.75 Å². The molecule has 0 aliphatic rings. The molecule has 4 heteroatoms. The molecule has 1 heterocycles. The number of fused-ring (bicyclic) bond motifs is 1. The van der Waals surface area contributed by atoms with Crippen molar-refractivity contribution in [2.75, 3.05) is 13.7 Å². The van der Waals surface area contributed by atoms with Crippen LogP contribution in [0.25, 0.3) is 10.9 Å². The van der Waals surface area contributed by atoms with Crippen molar-refractivity contribution >= 4 is 22.5 Å². The van der Waals surface area contributed by atoms with E-state index in [1.165, 1.54) is 0 Å². The van der Waals surface area contributed by atoms with Crippen LogP contribution in [0.3, 0.4) is 0 Å². The molecule has 0 saturated heterocycles. The first-order chi connectivity index (χ1) is 8.24. The molecule has 1 aromatic heterocycles. The van der Waals surface area contributed by atoms with E-state index < -0.39 is 0 Å². The van der Waals surface area contributed by atoms with Crippen LogP contribution in [0.1, 0.15) is 12.0 Å². The van der Waals surface area contributed by atoms with Gasteiger partial charge >= 0.3 is 0 Å². The summed E-state index contributed by atoms with van der Waals surface area (Å²) in [6, 6.07) is 7.68. The Morgan fingerprint density at radius 3 is 2.88 bits per heavy atom. The third-order valence-electron chi connectivity index (χ3n) is 2.65. The third-order valence-corrected chi connectivity index (χ3v) is 2.98. The van der Waals surface area contributed by atoms with Gasteiger partial charge in [0, 0.05) is 12.0 Å². The normalized spacial score (nSPS) is 10.8. The Bertz CT molecular complexity index is 528. The van der Waals surface area contributed by atoms with E-state index in [4.69, 9.17) is 21.4 Å². The van der Waals surface area contributed by atoms with Crippen LogP contribution >= 0.6 is 11.6 Å². The molecule has 3 nitrogen and oxygen atoms in total. The second-order valence-electron chi connectivity index (χ2n) is 3.82. The molecule has 0 radical (unpaired) electrons. The number of nitrogens with zero attached hydrogens (tertiary/aromatic N) is 1. The number of rotatable bonds is 4. The van der Waals surface area contributed by atoms with Crippen LogP contribution in [0.4, 0.5) is 0 Å². The average molecular weight is 252 g/mol. The summed E-state index contributed by atoms with van der Waals surface area (Å²) in [6.45, 7) is 0.159. The Hall–Kier alpha value is -1.32. The van der Waals surface area contributed by atoms with Gasteiger partial charge in [-0.1, -0.05) is 11.6 Å². The van der Waals surface area contributed by atoms with Gasteiger partial charge in [0.2, 0.25) is 0 Å². The fourth-order valence-corrected chi connectivity index (χ4v) is 1.99. The van der Waals surface area contributed by atoms with Crippen LogP contribution in [-0.4, -0.2) is 23.8 Å². The molecule has 0 fully saturated rings. The van der Waals surface area contributed by atoms with Crippen LogP contribution < -0.4 is 4.74 Å². The van der Waals surface area contributed by atoms with Crippen molar-refractivity contribution in [1.29, 1.82) is 0 Å². The second-order valence-corrected chi connectivity index (χ2v) is 4.18. The van der Waals surface area contributed by atoms with Crippen LogP contribution in [0.15, 0.2) is 24.3 Å². The maximum absolute atomic E-state index is 8.83. The van der Waals surface area contributed by atoms with Gasteiger partial charge in [0.1, 0.15) is 10.9 Å². The molecule has 17 heavy (non-hydrogen) atoms. The Morgan fingerprint density at radius 2 is 2.18 bits per heavy atom. The lowest BCUT2D eigenvalue weighted by Gasteiger charge is -2.06. The maximum atomic E-state index is 8.83. The number of aliphatic hydroxyl groups is 1. The Labute approximate surface area is 105 Å². The van der Waals surface area contributed by atoms with Gasteiger partial charge in [-0.2, -0.15) is 0 Å². The van der Waals surface area contributed by atoms with E-state index in [0.717, 1.165) is 28.6 Å². The van der Waals surface area contributed by atoms with Crippen LogP contribution in [0, 0.1) is 0 Å². The molecule has 1 N–H and O–H groups in total. The molecule has 0 amide bonds. The number of hydrogen-bond donors (Lipinski definition) is 1. The van der Waals surface area contributed by atoms with Gasteiger partial charge in [0.15, 0.2) is 0 Å². The number of aliphatic hydroxyl groups excluding tert-OH is 1. The maximum Gasteiger partial charge on any atom is 0.132 e. The smallest absolute Gasteiger partial charge is 0.132 e. The Kier molecular flexibility index (Phi) is 3.82. The molecule has 1 aromatic carbocycles. The topological polar surface area (TPSA) is 42.4 Å². The van der Waals surface area contributed by atoms with E-state index >= 15 is 0 Å². The molecule has 0 aliphatic carbocycles. The van der Waals surface area contributed by atoms with E-state index in [1.807, 2.05) is 24.3 Å². The minimum atomic E-state index is 0.159. The van der Waals surface area contributed by atoms with Crippen LogP contribution in [0.2, 0.25) is 5.15 Å². The highest BCUT2D eigenvalue weighted by molar-refractivity contribution is 6.30. The number of ether oxygens (including phenoxy) is 1. The second kappa shape index (κ2) is 5.34. The zero-order valence-corrected chi connectivity index (χ0v) is 10.4. The summed E-state index contributed by atoms with van der Waals surface area (Å²) in [5, 5.41) is 10.3. The standard InChI is InChI=1S/C13H14ClNO2/c1-17-11-4-5-12-10(8-11)7-9(3-2-6-16)13(14)15-12/h4-5,7-8,16H,2-3,6H2,1H3. The number of benzene rings is 1. The van der Waals surface area contributed by atoms with Gasteiger partial charge in [-0.05, 0) is 42.7 Å². The van der Waals surface area contributed by atoms with Crippen molar-refractivity contribution in [2.24, 2.45) is 0 Å². The van der Waals surface area contributed by atoms with E-state index in [1.54, 1.807) is 7.11 Å². The fourth-order valence-electron chi connectivity index (χ4n) is 1.75. The molecule has 0 bridgehead atoms. The predicted molar refractivity (Wildman–Crippen MR) is 68.7 cm³/mol. The number of pyridine rings is 1. The molecule has 0 unspecified atom stereocenters. The monoisotopic (exact) mass is 251 g/mol. The number of aromatic nitrogens is 1. The fraction of sp³-hybridized carbons (Fsp3) is 0.308. The highest BCUT2D eigenvalue weighted by atomic mass is 35.5. The molecule has 2 rings (SSSR count). The van der Waals surface area contributed by atoms with Crippen molar-refractivity contribution in [3.05, 3.63) is 35.0 Å². The molecule has 0 spiro atoms. The van der Waals surface area contributed by atoms with E-state index in [-0.39, 0.29) is 6.61 Å². The van der Waals surface area contributed by atoms with Gasteiger partial charge in [-0.15, -0.1) is 0 Å². The zero-order valence-electron chi connectivity index (χ0n) is 9.61. The highest BCUT2D eigenvalue weighted by Crippen LogP contribution is 2.24. The summed E-state index contributed by atoms with van der Waals surface area (Å²) < 4.78 is 5.17. The Morgan fingerprint density at radius 1 is 1.35 bits per heavy atom. The quantitative estimate of drug-likeness (QED) is 0.850. The van der Waals surface area contributed by atoms with Crippen molar-refractivity contribution in [3.63, 3.8) is 0 Å². The van der Waals surface area contributed by atoms with E-state index in [0.29, 0.717) is 11.6 Å². The molecular formula is C13H14ClNO2. The number of methoxy groups -OCH3 is 1. The first kappa shape index (κ1) is 12.1. The lowest BCUT2D eigenvalue weighted by atomic mass is 10.1. The molecule has 0 aliphatic heterocycles. The summed E-state index contributed by atoms with van der Waals surface area (Å²) >= 11 is 6.09. The largest absolute Gasteiger partial charge is 0.497 e. The van der Waals surface area contributed by atoms with Gasteiger partial charge < -0.3 is 9.84 Å². The van der Waals surface area contributed by atoms with Gasteiger partial charge in [-0.3, -0.25) is 0 Å². The number of halogens is 1. The first-order valence-corrected chi connectivity index (χ1v) is 5.86. The summed E-state index contributed by atoms with van der Waals surface area (Å²) in [4.78, 5) is 4.33. The lowest BCUT2D eigenvalue weighted by Crippen LogP contribution is -1.94. The lowest BCUT2D eigenvalue weighted by molar-refractivity contribution is 0.288. The SMILES string of the molecule is COc1ccc2nc(Cl)c(CCCO)cc2c1. The predicted octanol–water partition coefficient (Wildman–Crippen LogP) is 2.82. The van der Waals surface area contributed by atoms with Gasteiger partial charge in [0.05, 0.1) is 12.6 Å². The summed E-state index contributed by atoms with van der Waals surface area (Å²) in [7, 11) is 1.64. The van der Waals surface area contributed by atoms with Crippen LogP contribution in [-0.2, 0) is 6.42 Å². The highest BCUT2D eigenvalue weighted by Gasteiger charge is 2.05. The van der Waals surface area contributed by atoms with Crippen molar-refractivity contribution in [2.45, 2.75) is 12.8 Å². The summed E-state index contributed by atoms with van der Waals surface area (Å²) in [5.41, 5.74) is 1.81. The van der Waals surface area contributed by atoms with Gasteiger partial charge in [0.25, 0.3) is 0 Å². The average Bonchev–Trinajstić information content (AvgIpc) is 2.35. The molecular weight excluding hydrogens is 238 g/mol. The molecule has 0 saturated carbocycles. The minimum Gasteiger partial charge on any atom is -0.497 e. The number of aryl methyl sites for hydroxylation is 1. The van der Waals surface area contributed by atoms with Crippen molar-refractivity contribution < 1.29 is 9.84 Å². The Balaban J connectivity index is 2.44. The van der Waals surface area contributed by atoms with E-state index in [2.05, 4.69) is 4.98 Å². The van der Waals surface area contributed by atoms with E-state index in [9.17, 15) is 0 Å². The van der Waals surface area contributed by atoms with Crippen molar-refractivity contribution in [1.82, 2.24) is 4.98 Å². The third kappa shape index (κ3) is 2.68. The van der Waals surface area contributed by atoms with Gasteiger partial charge in [-0.25, -0.2) is 4.98 Å². The first-order valence-electron chi connectivity index (χ1n) is 5.48. The number of hydrogen-bond acceptors (Lipinski definition) is 3. The summed E-state index contributed by atoms with van der Waals surface area (Å²) in [5.74, 6) is 0.801. The molecule has 0 atom stereocenters. The van der Waals surface area contributed by atoms with Crippen LogP contribution in [0.5, 0.6) is 5.75 Å². The minimum absolute atomic E-state index is 0.159.